The first kappa shape index (κ1) is 16.5. The van der Waals surface area contributed by atoms with Crippen LogP contribution >= 0.6 is 0 Å². The van der Waals surface area contributed by atoms with E-state index in [2.05, 4.69) is 51.7 Å². The van der Waals surface area contributed by atoms with Crippen molar-refractivity contribution in [3.05, 3.63) is 54.0 Å². The minimum Gasteiger partial charge on any atom is -0.393 e. The first-order valence-corrected chi connectivity index (χ1v) is 9.55. The zero-order valence-corrected chi connectivity index (χ0v) is 14.7. The molecule has 4 nitrogen and oxygen atoms in total. The summed E-state index contributed by atoms with van der Waals surface area (Å²) in [5, 5.41) is 13.1. The van der Waals surface area contributed by atoms with Crippen molar-refractivity contribution >= 4 is 5.82 Å². The highest BCUT2D eigenvalue weighted by atomic mass is 16.3. The molecule has 1 aromatic carbocycles. The lowest BCUT2D eigenvalue weighted by atomic mass is 9.69. The van der Waals surface area contributed by atoms with Gasteiger partial charge in [-0.3, -0.25) is 0 Å². The zero-order valence-electron chi connectivity index (χ0n) is 14.7. The molecule has 4 heteroatoms. The van der Waals surface area contributed by atoms with Crippen LogP contribution in [-0.2, 0) is 5.41 Å². The summed E-state index contributed by atoms with van der Waals surface area (Å²) in [6, 6.07) is 13.0. The van der Waals surface area contributed by atoms with Gasteiger partial charge in [0.05, 0.1) is 6.10 Å². The van der Waals surface area contributed by atoms with Gasteiger partial charge in [-0.2, -0.15) is 0 Å². The first-order valence-electron chi connectivity index (χ1n) is 9.55. The van der Waals surface area contributed by atoms with E-state index in [0.29, 0.717) is 5.92 Å². The molecule has 2 aliphatic rings. The van der Waals surface area contributed by atoms with E-state index in [1.54, 1.807) is 6.33 Å². The fourth-order valence-corrected chi connectivity index (χ4v) is 4.37. The molecule has 25 heavy (non-hydrogen) atoms. The molecule has 132 valence electrons. The van der Waals surface area contributed by atoms with Gasteiger partial charge >= 0.3 is 0 Å². The molecule has 0 bridgehead atoms. The van der Waals surface area contributed by atoms with E-state index in [0.717, 1.165) is 30.9 Å². The van der Waals surface area contributed by atoms with Crippen molar-refractivity contribution in [1.29, 1.82) is 0 Å². The summed E-state index contributed by atoms with van der Waals surface area (Å²) in [5.74, 6) is 1.29. The van der Waals surface area contributed by atoms with Crippen LogP contribution < -0.4 is 5.32 Å². The Kier molecular flexibility index (Phi) is 4.71. The molecule has 0 saturated heterocycles. The molecule has 0 unspecified atom stereocenters. The van der Waals surface area contributed by atoms with Gasteiger partial charge in [-0.25, -0.2) is 9.97 Å². The monoisotopic (exact) mass is 337 g/mol. The molecule has 0 spiro atoms. The maximum atomic E-state index is 9.52. The number of nitrogens with zero attached hydrogens (tertiary/aromatic N) is 2. The van der Waals surface area contributed by atoms with Crippen molar-refractivity contribution in [2.24, 2.45) is 0 Å². The van der Waals surface area contributed by atoms with Crippen molar-refractivity contribution < 1.29 is 5.11 Å². The van der Waals surface area contributed by atoms with Crippen LogP contribution in [0.5, 0.6) is 0 Å². The zero-order chi connectivity index (χ0) is 17.1. The fraction of sp³-hybridized carbons (Fsp3) is 0.524. The Morgan fingerprint density at radius 3 is 2.52 bits per heavy atom. The van der Waals surface area contributed by atoms with Gasteiger partial charge in [0.25, 0.3) is 0 Å². The number of nitrogens with one attached hydrogen (secondary N) is 1. The van der Waals surface area contributed by atoms with E-state index in [4.69, 9.17) is 0 Å². The predicted octanol–water partition coefficient (Wildman–Crippen LogP) is 4.03. The highest BCUT2D eigenvalue weighted by Crippen LogP contribution is 2.40. The number of hydrogen-bond acceptors (Lipinski definition) is 4. The molecule has 2 saturated carbocycles. The summed E-state index contributed by atoms with van der Waals surface area (Å²) in [7, 11) is 0. The van der Waals surface area contributed by atoms with Crippen molar-refractivity contribution in [3.8, 4) is 0 Å². The molecule has 1 aromatic heterocycles. The van der Waals surface area contributed by atoms with Crippen molar-refractivity contribution in [2.45, 2.75) is 62.4 Å². The first-order chi connectivity index (χ1) is 12.3. The number of rotatable bonds is 5. The average molecular weight is 337 g/mol. The molecular weight excluding hydrogens is 310 g/mol. The molecule has 0 radical (unpaired) electrons. The van der Waals surface area contributed by atoms with Crippen LogP contribution in [0.3, 0.4) is 0 Å². The molecule has 0 aliphatic heterocycles. The highest BCUT2D eigenvalue weighted by Gasteiger charge is 2.34. The largest absolute Gasteiger partial charge is 0.393 e. The SMILES string of the molecule is OC1CC(c2cc(NCC3(c4ccccc4)CCCCC3)ncn2)C1. The molecule has 4 rings (SSSR count). The van der Waals surface area contributed by atoms with E-state index in [1.165, 1.54) is 37.7 Å². The summed E-state index contributed by atoms with van der Waals surface area (Å²) >= 11 is 0. The maximum Gasteiger partial charge on any atom is 0.129 e. The highest BCUT2D eigenvalue weighted by molar-refractivity contribution is 5.39. The van der Waals surface area contributed by atoms with Crippen LogP contribution in [0.1, 0.15) is 62.1 Å². The summed E-state index contributed by atoms with van der Waals surface area (Å²) in [4.78, 5) is 8.83. The summed E-state index contributed by atoms with van der Waals surface area (Å²) in [6.07, 6.45) is 9.55. The van der Waals surface area contributed by atoms with Crippen LogP contribution in [0.4, 0.5) is 5.82 Å². The molecule has 2 N–H and O–H groups in total. The number of aromatic nitrogens is 2. The number of hydrogen-bond donors (Lipinski definition) is 2. The third-order valence-electron chi connectivity index (χ3n) is 6.02. The van der Waals surface area contributed by atoms with Crippen molar-refractivity contribution in [1.82, 2.24) is 9.97 Å². The third kappa shape index (κ3) is 3.54. The number of anilines is 1. The Balaban J connectivity index is 1.49. The van der Waals surface area contributed by atoms with E-state index in [1.807, 2.05) is 0 Å². The summed E-state index contributed by atoms with van der Waals surface area (Å²) in [5.41, 5.74) is 2.70. The molecule has 1 heterocycles. The van der Waals surface area contributed by atoms with Gasteiger partial charge < -0.3 is 10.4 Å². The van der Waals surface area contributed by atoms with Crippen LogP contribution in [0, 0.1) is 0 Å². The quantitative estimate of drug-likeness (QED) is 0.865. The van der Waals surface area contributed by atoms with Gasteiger partial charge in [0, 0.05) is 29.6 Å². The Labute approximate surface area is 149 Å². The maximum absolute atomic E-state index is 9.52. The van der Waals surface area contributed by atoms with Crippen molar-refractivity contribution in [3.63, 3.8) is 0 Å². The standard InChI is InChI=1S/C21H27N3O/c25-18-11-16(12-18)19-13-20(24-15-23-19)22-14-21(9-5-2-6-10-21)17-7-3-1-4-8-17/h1,3-4,7-8,13,15-16,18,25H,2,5-6,9-12,14H2,(H,22,23,24). The molecule has 0 amide bonds. The number of aliphatic hydroxyl groups excluding tert-OH is 1. The summed E-state index contributed by atoms with van der Waals surface area (Å²) < 4.78 is 0. The Morgan fingerprint density at radius 1 is 1.04 bits per heavy atom. The van der Waals surface area contributed by atoms with Crippen molar-refractivity contribution in [2.75, 3.05) is 11.9 Å². The molecular formula is C21H27N3O. The van der Waals surface area contributed by atoms with Gasteiger partial charge in [0.15, 0.2) is 0 Å². The molecule has 0 atom stereocenters. The minimum absolute atomic E-state index is 0.153. The third-order valence-corrected chi connectivity index (χ3v) is 6.02. The topological polar surface area (TPSA) is 58.0 Å². The van der Waals surface area contributed by atoms with Gasteiger partial charge in [-0.05, 0) is 31.2 Å². The van der Waals surface area contributed by atoms with E-state index in [9.17, 15) is 5.11 Å². The number of aliphatic hydroxyl groups is 1. The Hall–Kier alpha value is -1.94. The minimum atomic E-state index is -0.153. The second-order valence-corrected chi connectivity index (χ2v) is 7.71. The van der Waals surface area contributed by atoms with Crippen LogP contribution in [0.15, 0.2) is 42.7 Å². The van der Waals surface area contributed by atoms with E-state index in [-0.39, 0.29) is 11.5 Å². The summed E-state index contributed by atoms with van der Waals surface area (Å²) in [6.45, 7) is 0.917. The smallest absolute Gasteiger partial charge is 0.129 e. The predicted molar refractivity (Wildman–Crippen MR) is 99.7 cm³/mol. The fourth-order valence-electron chi connectivity index (χ4n) is 4.37. The molecule has 2 aromatic rings. The average Bonchev–Trinajstić information content (AvgIpc) is 2.66. The lowest BCUT2D eigenvalue weighted by Crippen LogP contribution is -2.36. The Bertz CT molecular complexity index is 691. The van der Waals surface area contributed by atoms with Gasteiger partial charge in [-0.1, -0.05) is 49.6 Å². The second kappa shape index (κ2) is 7.12. The lowest BCUT2D eigenvalue weighted by Gasteiger charge is -2.38. The van der Waals surface area contributed by atoms with Crippen LogP contribution in [-0.4, -0.2) is 27.7 Å². The Morgan fingerprint density at radius 2 is 1.80 bits per heavy atom. The van der Waals surface area contributed by atoms with Crippen LogP contribution in [0.25, 0.3) is 0 Å². The van der Waals surface area contributed by atoms with E-state index < -0.39 is 0 Å². The van der Waals surface area contributed by atoms with Gasteiger partial charge in [0.2, 0.25) is 0 Å². The van der Waals surface area contributed by atoms with Crippen LogP contribution in [0.2, 0.25) is 0 Å². The lowest BCUT2D eigenvalue weighted by molar-refractivity contribution is 0.0732. The van der Waals surface area contributed by atoms with Gasteiger partial charge in [-0.15, -0.1) is 0 Å². The number of benzene rings is 1. The van der Waals surface area contributed by atoms with E-state index >= 15 is 0 Å². The molecule has 2 aliphatic carbocycles. The van der Waals surface area contributed by atoms with Gasteiger partial charge in [0.1, 0.15) is 12.1 Å². The second-order valence-electron chi connectivity index (χ2n) is 7.71. The molecule has 2 fully saturated rings. The normalized spacial score (nSPS) is 25.2.